The third kappa shape index (κ3) is 6.29. The molecule has 0 bridgehead atoms. The highest BCUT2D eigenvalue weighted by Crippen LogP contribution is 2.36. The third-order valence-corrected chi connectivity index (χ3v) is 5.42. The van der Waals surface area contributed by atoms with Gasteiger partial charge in [-0.15, -0.1) is 0 Å². The van der Waals surface area contributed by atoms with E-state index in [0.29, 0.717) is 47.6 Å². The van der Waals surface area contributed by atoms with Crippen LogP contribution in [0.1, 0.15) is 67.9 Å². The van der Waals surface area contributed by atoms with Gasteiger partial charge in [0, 0.05) is 25.2 Å². The molecule has 1 aromatic carbocycles. The Labute approximate surface area is 190 Å². The van der Waals surface area contributed by atoms with Crippen LogP contribution < -0.4 is 5.32 Å². The zero-order valence-corrected chi connectivity index (χ0v) is 19.7. The molecule has 0 aliphatic heterocycles. The lowest BCUT2D eigenvalue weighted by Crippen LogP contribution is -2.31. The van der Waals surface area contributed by atoms with Crippen LogP contribution in [-0.4, -0.2) is 47.8 Å². The van der Waals surface area contributed by atoms with Crippen LogP contribution in [0.15, 0.2) is 30.5 Å². The monoisotopic (exact) mass is 441 g/mol. The van der Waals surface area contributed by atoms with E-state index in [4.69, 9.17) is 0 Å². The summed E-state index contributed by atoms with van der Waals surface area (Å²) in [7, 11) is 1.71. The first-order valence-electron chi connectivity index (χ1n) is 11.2. The number of benzene rings is 1. The number of aromatic nitrogens is 1. The summed E-state index contributed by atoms with van der Waals surface area (Å²) in [5.74, 6) is 0.667. The van der Waals surface area contributed by atoms with Gasteiger partial charge >= 0.3 is 0 Å². The summed E-state index contributed by atoms with van der Waals surface area (Å²) >= 11 is 0. The van der Waals surface area contributed by atoms with Crippen LogP contribution >= 0.6 is 0 Å². The van der Waals surface area contributed by atoms with Crippen molar-refractivity contribution in [1.29, 1.82) is 0 Å². The van der Waals surface area contributed by atoms with Gasteiger partial charge in [-0.2, -0.15) is 0 Å². The fourth-order valence-electron chi connectivity index (χ4n) is 3.72. The second kappa shape index (κ2) is 12.2. The molecule has 0 atom stereocenters. The Balaban J connectivity index is 2.60. The SMILES string of the molecule is CNc1ncc(-c2ccccc2C(C)C)c(CCC(C)C)c1C(=O)N(O)CCCOC=O. The number of pyridine rings is 1. The van der Waals surface area contributed by atoms with Gasteiger partial charge in [0.15, 0.2) is 0 Å². The predicted octanol–water partition coefficient (Wildman–Crippen LogP) is 4.90. The predicted molar refractivity (Wildman–Crippen MR) is 126 cm³/mol. The molecule has 7 nitrogen and oxygen atoms in total. The minimum Gasteiger partial charge on any atom is -0.468 e. The van der Waals surface area contributed by atoms with Gasteiger partial charge in [-0.05, 0) is 41.4 Å². The summed E-state index contributed by atoms with van der Waals surface area (Å²) in [4.78, 5) is 28.2. The Morgan fingerprint density at radius 2 is 1.94 bits per heavy atom. The number of amides is 1. The molecular formula is C25H35N3O4. The molecule has 2 aromatic rings. The van der Waals surface area contributed by atoms with Crippen LogP contribution in [0.4, 0.5) is 5.82 Å². The largest absolute Gasteiger partial charge is 0.468 e. The van der Waals surface area contributed by atoms with E-state index in [0.717, 1.165) is 23.1 Å². The van der Waals surface area contributed by atoms with Crippen molar-refractivity contribution in [1.82, 2.24) is 10.0 Å². The van der Waals surface area contributed by atoms with Gasteiger partial charge < -0.3 is 10.1 Å². The van der Waals surface area contributed by atoms with E-state index in [1.54, 1.807) is 7.05 Å². The second-order valence-electron chi connectivity index (χ2n) is 8.55. The third-order valence-electron chi connectivity index (χ3n) is 5.42. The first kappa shape index (κ1) is 25.3. The van der Waals surface area contributed by atoms with Crippen LogP contribution in [0.2, 0.25) is 0 Å². The van der Waals surface area contributed by atoms with Crippen molar-refractivity contribution in [3.8, 4) is 11.1 Å². The van der Waals surface area contributed by atoms with Crippen molar-refractivity contribution in [3.05, 3.63) is 47.2 Å². The summed E-state index contributed by atoms with van der Waals surface area (Å²) in [5, 5.41) is 14.2. The number of hydroxylamine groups is 2. The van der Waals surface area contributed by atoms with E-state index in [9.17, 15) is 14.8 Å². The quantitative estimate of drug-likeness (QED) is 0.211. The van der Waals surface area contributed by atoms with Crippen molar-refractivity contribution in [2.24, 2.45) is 5.92 Å². The van der Waals surface area contributed by atoms with Crippen molar-refractivity contribution >= 4 is 18.2 Å². The number of rotatable bonds is 12. The standard InChI is InChI=1S/C25H35N3O4/c1-17(2)11-12-21-22(20-10-7-6-9-19(20)18(3)4)15-27-24(26-5)23(21)25(30)28(31)13-8-14-32-16-29/h6-7,9-10,15-18,31H,8,11-14H2,1-5H3,(H,26,27). The smallest absolute Gasteiger partial charge is 0.293 e. The number of nitrogens with one attached hydrogen (secondary N) is 1. The summed E-state index contributed by atoms with van der Waals surface area (Å²) < 4.78 is 4.66. The molecule has 1 aromatic heterocycles. The first-order valence-corrected chi connectivity index (χ1v) is 11.2. The zero-order chi connectivity index (χ0) is 23.7. The van der Waals surface area contributed by atoms with Crippen molar-refractivity contribution in [3.63, 3.8) is 0 Å². The molecule has 1 amide bonds. The lowest BCUT2D eigenvalue weighted by molar-refractivity contribution is -0.129. The summed E-state index contributed by atoms with van der Waals surface area (Å²) in [6, 6.07) is 8.17. The van der Waals surface area contributed by atoms with Crippen molar-refractivity contribution < 1.29 is 19.5 Å². The molecule has 0 saturated heterocycles. The molecule has 0 aliphatic rings. The minimum atomic E-state index is -0.518. The highest BCUT2D eigenvalue weighted by molar-refractivity contribution is 6.01. The Morgan fingerprint density at radius 1 is 1.22 bits per heavy atom. The maximum atomic E-state index is 13.3. The van der Waals surface area contributed by atoms with Crippen LogP contribution in [0, 0.1) is 5.92 Å². The Kier molecular flexibility index (Phi) is 9.65. The molecule has 2 rings (SSSR count). The number of nitrogens with zero attached hydrogens (tertiary/aromatic N) is 2. The number of carbonyl (C=O) groups is 2. The van der Waals surface area contributed by atoms with Gasteiger partial charge in [-0.1, -0.05) is 52.0 Å². The topological polar surface area (TPSA) is 91.8 Å². The van der Waals surface area contributed by atoms with Crippen molar-refractivity contribution in [2.45, 2.75) is 52.9 Å². The Morgan fingerprint density at radius 3 is 2.56 bits per heavy atom. The van der Waals surface area contributed by atoms with E-state index in [-0.39, 0.29) is 13.2 Å². The number of anilines is 1. The Bertz CT molecular complexity index is 912. The first-order chi connectivity index (χ1) is 15.3. The molecular weight excluding hydrogens is 406 g/mol. The Hall–Kier alpha value is -2.93. The molecule has 0 radical (unpaired) electrons. The molecule has 2 N–H and O–H groups in total. The molecule has 32 heavy (non-hydrogen) atoms. The average Bonchev–Trinajstić information content (AvgIpc) is 2.79. The van der Waals surface area contributed by atoms with Crippen LogP contribution in [0.3, 0.4) is 0 Å². The lowest BCUT2D eigenvalue weighted by Gasteiger charge is -2.23. The maximum absolute atomic E-state index is 13.3. The van der Waals surface area contributed by atoms with Gasteiger partial charge in [0.05, 0.1) is 18.7 Å². The van der Waals surface area contributed by atoms with E-state index in [1.165, 1.54) is 5.56 Å². The molecule has 0 saturated carbocycles. The van der Waals surface area contributed by atoms with Gasteiger partial charge in [0.25, 0.3) is 12.4 Å². The molecule has 0 fully saturated rings. The minimum absolute atomic E-state index is 0.0479. The van der Waals surface area contributed by atoms with Gasteiger partial charge in [-0.3, -0.25) is 14.8 Å². The van der Waals surface area contributed by atoms with Crippen LogP contribution in [-0.2, 0) is 16.0 Å². The second-order valence-corrected chi connectivity index (χ2v) is 8.55. The van der Waals surface area contributed by atoms with Crippen molar-refractivity contribution in [2.75, 3.05) is 25.5 Å². The van der Waals surface area contributed by atoms with Gasteiger partial charge in [0.1, 0.15) is 5.82 Å². The number of carbonyl (C=O) groups excluding carboxylic acids is 2. The normalized spacial score (nSPS) is 11.0. The number of hydrogen-bond acceptors (Lipinski definition) is 6. The summed E-state index contributed by atoms with van der Waals surface area (Å²) in [5.41, 5.74) is 4.40. The summed E-state index contributed by atoms with van der Waals surface area (Å²) in [6.07, 6.45) is 3.72. The molecule has 1 heterocycles. The van der Waals surface area contributed by atoms with E-state index in [1.807, 2.05) is 18.3 Å². The zero-order valence-electron chi connectivity index (χ0n) is 19.7. The lowest BCUT2D eigenvalue weighted by atomic mass is 9.87. The highest BCUT2D eigenvalue weighted by Gasteiger charge is 2.26. The molecule has 7 heteroatoms. The van der Waals surface area contributed by atoms with Gasteiger partial charge in [-0.25, -0.2) is 10.0 Å². The summed E-state index contributed by atoms with van der Waals surface area (Å²) in [6.45, 7) is 9.12. The fourth-order valence-corrected chi connectivity index (χ4v) is 3.72. The average molecular weight is 442 g/mol. The van der Waals surface area contributed by atoms with Gasteiger partial charge in [0.2, 0.25) is 0 Å². The number of hydrogen-bond donors (Lipinski definition) is 2. The molecule has 0 unspecified atom stereocenters. The van der Waals surface area contributed by atoms with E-state index < -0.39 is 5.91 Å². The van der Waals surface area contributed by atoms with Crippen LogP contribution in [0.5, 0.6) is 0 Å². The van der Waals surface area contributed by atoms with E-state index >= 15 is 0 Å². The van der Waals surface area contributed by atoms with E-state index in [2.05, 4.69) is 54.9 Å². The molecule has 0 aliphatic carbocycles. The fraction of sp³-hybridized carbons (Fsp3) is 0.480. The highest BCUT2D eigenvalue weighted by atomic mass is 16.5. The number of ether oxygens (including phenoxy) is 1. The van der Waals surface area contributed by atoms with Crippen LogP contribution in [0.25, 0.3) is 11.1 Å². The molecule has 0 spiro atoms. The molecule has 174 valence electrons. The maximum Gasteiger partial charge on any atom is 0.293 e.